The molecule has 3 heterocycles. The summed E-state index contributed by atoms with van der Waals surface area (Å²) in [5.41, 5.74) is 4.07. The number of hydroxylamine groups is 2. The number of carboxylic acids is 1. The first-order chi connectivity index (χ1) is 33.4. The van der Waals surface area contributed by atoms with Gasteiger partial charge in [-0.05, 0) is 109 Å². The molecule has 0 aromatic rings. The molecule has 13 atom stereocenters. The van der Waals surface area contributed by atoms with Crippen molar-refractivity contribution < 1.29 is 73.8 Å². The average molecular weight is 1020 g/mol. The molecule has 0 spiro atoms. The number of carbonyl (C=O) groups excluding carboxylic acids is 7. The number of amides is 6. The van der Waals surface area contributed by atoms with E-state index in [1.807, 2.05) is 6.92 Å². The number of aliphatic hydroxyl groups excluding tert-OH is 2. The summed E-state index contributed by atoms with van der Waals surface area (Å²) in [6.07, 6.45) is 0.379. The molecule has 0 aliphatic carbocycles. The second-order valence-corrected chi connectivity index (χ2v) is 20.7. The Morgan fingerprint density at radius 2 is 1.43 bits per heavy atom. The van der Waals surface area contributed by atoms with E-state index in [9.17, 15) is 69.1 Å². The van der Waals surface area contributed by atoms with Crippen LogP contribution < -0.4 is 21.5 Å². The summed E-state index contributed by atoms with van der Waals surface area (Å²) in [6, 6.07) is -9.22. The van der Waals surface area contributed by atoms with Gasteiger partial charge in [-0.2, -0.15) is 0 Å². The minimum atomic E-state index is -2.74. The van der Waals surface area contributed by atoms with E-state index in [1.165, 1.54) is 20.9 Å². The number of nitrogens with zero attached hydrogens (tertiary/aromatic N) is 4. The van der Waals surface area contributed by atoms with Gasteiger partial charge in [-0.25, -0.2) is 20.7 Å². The molecule has 3 aliphatic heterocycles. The molecule has 408 valence electrons. The number of ketones is 1. The Bertz CT molecular complexity index is 2050. The first-order valence-corrected chi connectivity index (χ1v) is 25.0. The van der Waals surface area contributed by atoms with Crippen molar-refractivity contribution in [2.75, 3.05) is 20.1 Å². The molecule has 0 aromatic carbocycles. The van der Waals surface area contributed by atoms with Crippen LogP contribution in [-0.4, -0.2) is 184 Å². The summed E-state index contributed by atoms with van der Waals surface area (Å²) in [7, 11) is 1.28. The van der Waals surface area contributed by atoms with E-state index in [-0.39, 0.29) is 67.9 Å². The van der Waals surface area contributed by atoms with Crippen molar-refractivity contribution in [2.45, 2.75) is 194 Å². The van der Waals surface area contributed by atoms with Crippen LogP contribution in [0.2, 0.25) is 0 Å². The van der Waals surface area contributed by atoms with Gasteiger partial charge in [0, 0.05) is 32.5 Å². The minimum Gasteiger partial charge on any atom is -0.480 e. The molecule has 23 nitrogen and oxygen atoms in total. The highest BCUT2D eigenvalue weighted by Gasteiger charge is 2.57. The SMILES string of the molecule is C/C=C(\C)C(=O)[C@@H](C)/C=C(\C)[C@H]1O[C@@](O)([C@](C)(O)C(=O)N[C@H](C(=O)N2NCCC[C@@H]2C(=O)N(O)[C@@H](C)C(=O)N(C)[C@H](CC(C)C)C(=O)N2NCCC[C@H]2C(=O)N[C@@H](C(=O)O)[C@@H](C)O)[C@H](O)C(C)C)CC[C@@H]1C. The van der Waals surface area contributed by atoms with Gasteiger partial charge in [-0.3, -0.25) is 48.8 Å². The molecule has 72 heavy (non-hydrogen) atoms. The van der Waals surface area contributed by atoms with Crippen LogP contribution in [0, 0.1) is 23.7 Å². The number of aliphatic hydroxyl groups is 4. The second-order valence-electron chi connectivity index (χ2n) is 20.7. The average Bonchev–Trinajstić information content (AvgIpc) is 3.34. The Hall–Kier alpha value is -4.88. The first-order valence-electron chi connectivity index (χ1n) is 25.0. The number of likely N-dealkylation sites (N-methyl/N-ethyl adjacent to an activating group) is 1. The Labute approximate surface area is 422 Å². The van der Waals surface area contributed by atoms with E-state index >= 15 is 0 Å². The van der Waals surface area contributed by atoms with Crippen LogP contribution in [0.5, 0.6) is 0 Å². The number of rotatable bonds is 21. The largest absolute Gasteiger partial charge is 0.480 e. The fourth-order valence-corrected chi connectivity index (χ4v) is 9.19. The van der Waals surface area contributed by atoms with Crippen molar-refractivity contribution in [1.82, 2.24) is 41.5 Å². The lowest BCUT2D eigenvalue weighted by molar-refractivity contribution is -0.321. The van der Waals surface area contributed by atoms with E-state index in [4.69, 9.17) is 4.74 Å². The molecular formula is C49H82N8O15. The second kappa shape index (κ2) is 25.9. The van der Waals surface area contributed by atoms with Gasteiger partial charge in [0.25, 0.3) is 23.6 Å². The number of hydrogen-bond donors (Lipinski definition) is 10. The fraction of sp³-hybridized carbons (Fsp3) is 0.755. The van der Waals surface area contributed by atoms with Gasteiger partial charge < -0.3 is 45.8 Å². The van der Waals surface area contributed by atoms with Crippen molar-refractivity contribution in [3.05, 3.63) is 23.3 Å². The quantitative estimate of drug-likeness (QED) is 0.0320. The number of nitrogens with one attached hydrogen (secondary N) is 4. The number of carboxylic acid groups (broad SMARTS) is 1. The third-order valence-corrected chi connectivity index (χ3v) is 14.1. The number of allylic oxidation sites excluding steroid dienone is 3. The molecule has 3 rings (SSSR count). The number of Topliss-reactive ketones (excluding diaryl/α,β-unsaturated/α-hetero) is 1. The molecule has 0 unspecified atom stereocenters. The highest BCUT2D eigenvalue weighted by molar-refractivity contribution is 5.98. The number of hydrazine groups is 2. The monoisotopic (exact) mass is 1020 g/mol. The zero-order chi connectivity index (χ0) is 54.9. The maximum Gasteiger partial charge on any atom is 0.328 e. The third kappa shape index (κ3) is 14.2. The van der Waals surface area contributed by atoms with Crippen molar-refractivity contribution in [2.24, 2.45) is 23.7 Å². The molecule has 0 bridgehead atoms. The van der Waals surface area contributed by atoms with Gasteiger partial charge in [0.15, 0.2) is 17.4 Å². The number of hydrogen-bond acceptors (Lipinski definition) is 16. The lowest BCUT2D eigenvalue weighted by atomic mass is 9.80. The lowest BCUT2D eigenvalue weighted by Crippen LogP contribution is -2.70. The van der Waals surface area contributed by atoms with Crippen LogP contribution in [0.4, 0.5) is 0 Å². The predicted molar refractivity (Wildman–Crippen MR) is 260 cm³/mol. The topological polar surface area (TPSA) is 328 Å². The van der Waals surface area contributed by atoms with Crippen molar-refractivity contribution in [3.63, 3.8) is 0 Å². The minimum absolute atomic E-state index is 0.0519. The summed E-state index contributed by atoms with van der Waals surface area (Å²) < 4.78 is 6.12. The Morgan fingerprint density at radius 3 is 1.94 bits per heavy atom. The van der Waals surface area contributed by atoms with Gasteiger partial charge >= 0.3 is 5.97 Å². The van der Waals surface area contributed by atoms with Crippen molar-refractivity contribution in [1.29, 1.82) is 0 Å². The first kappa shape index (κ1) is 61.4. The summed E-state index contributed by atoms with van der Waals surface area (Å²) in [5.74, 6) is -11.8. The molecule has 0 radical (unpaired) electrons. The van der Waals surface area contributed by atoms with Crippen LogP contribution in [0.1, 0.15) is 128 Å². The van der Waals surface area contributed by atoms with Crippen LogP contribution in [-0.2, 0) is 43.1 Å². The number of ether oxygens (including phenoxy) is 1. The normalized spacial score (nSPS) is 26.0. The molecule has 23 heteroatoms. The van der Waals surface area contributed by atoms with Gasteiger partial charge in [0.1, 0.15) is 30.2 Å². The molecule has 0 saturated carbocycles. The van der Waals surface area contributed by atoms with Crippen LogP contribution in [0.15, 0.2) is 23.3 Å². The summed E-state index contributed by atoms with van der Waals surface area (Å²) in [6.45, 7) is 19.2. The molecule has 6 amide bonds. The maximum absolute atomic E-state index is 14.6. The van der Waals surface area contributed by atoms with E-state index in [1.54, 1.807) is 67.5 Å². The molecular weight excluding hydrogens is 941 g/mol. The lowest BCUT2D eigenvalue weighted by Gasteiger charge is -2.47. The summed E-state index contributed by atoms with van der Waals surface area (Å²) in [5, 5.41) is 72.9. The van der Waals surface area contributed by atoms with Gasteiger partial charge in [-0.1, -0.05) is 53.7 Å². The van der Waals surface area contributed by atoms with Crippen LogP contribution >= 0.6 is 0 Å². The summed E-state index contributed by atoms with van der Waals surface area (Å²) >= 11 is 0. The molecule has 3 saturated heterocycles. The highest BCUT2D eigenvalue weighted by Crippen LogP contribution is 2.41. The van der Waals surface area contributed by atoms with Crippen molar-refractivity contribution in [3.8, 4) is 0 Å². The standard InChI is InChI=1S/C49H82N8O15/c1-14-27(6)39(60)29(8)24-30(9)40-28(7)19-20-49(70,72-40)48(12,69)47(68)53-37(38(59)26(4)5)45(65)56-34(18-16-22-51-56)44(64)57(71)31(10)42(62)54(13)35(23-25(2)3)43(63)55-33(17-15-21-50-55)41(61)52-36(32(11)58)46(66)67/h14,24-26,28-29,31-38,40,50-51,58-59,69-71H,15-23H2,1-13H3,(H,52,61)(H,53,68)(H,66,67)/b27-14+,30-24+/t28-,29-,31-,32+,33-,34+,35+,36+,37-,38+,40-,48+,49+/m0/s1. The van der Waals surface area contributed by atoms with Crippen molar-refractivity contribution >= 4 is 47.2 Å². The Kier molecular flexibility index (Phi) is 22.1. The van der Waals surface area contributed by atoms with Gasteiger partial charge in [0.2, 0.25) is 17.6 Å². The zero-order valence-electron chi connectivity index (χ0n) is 44.2. The van der Waals surface area contributed by atoms with Gasteiger partial charge in [0.05, 0.1) is 18.3 Å². The highest BCUT2D eigenvalue weighted by atomic mass is 16.6. The van der Waals surface area contributed by atoms with E-state index < -0.39 is 119 Å². The molecule has 3 aliphatic rings. The number of aliphatic carboxylic acids is 1. The maximum atomic E-state index is 14.6. The zero-order valence-corrected chi connectivity index (χ0v) is 44.2. The third-order valence-electron chi connectivity index (χ3n) is 14.1. The predicted octanol–water partition coefficient (Wildman–Crippen LogP) is 0.281. The van der Waals surface area contributed by atoms with Crippen LogP contribution in [0.3, 0.4) is 0 Å². The molecule has 0 aromatic heterocycles. The number of carbonyl (C=O) groups is 8. The fourth-order valence-electron chi connectivity index (χ4n) is 9.19. The Balaban J connectivity index is 1.88. The smallest absolute Gasteiger partial charge is 0.328 e. The van der Waals surface area contributed by atoms with E-state index in [0.717, 1.165) is 21.8 Å². The van der Waals surface area contributed by atoms with E-state index in [2.05, 4.69) is 21.5 Å². The van der Waals surface area contributed by atoms with Gasteiger partial charge in [-0.15, -0.1) is 0 Å². The Morgan fingerprint density at radius 1 is 0.875 bits per heavy atom. The molecule has 3 fully saturated rings. The summed E-state index contributed by atoms with van der Waals surface area (Å²) in [4.78, 5) is 111. The molecule has 10 N–H and O–H groups in total. The van der Waals surface area contributed by atoms with E-state index in [0.29, 0.717) is 24.0 Å². The van der Waals surface area contributed by atoms with Crippen LogP contribution in [0.25, 0.3) is 0 Å².